The summed E-state index contributed by atoms with van der Waals surface area (Å²) in [6.45, 7) is 0. The van der Waals surface area contributed by atoms with Gasteiger partial charge in [0.05, 0.1) is 22.7 Å². The fraction of sp³-hybridized carbons (Fsp3) is 0. The maximum atomic E-state index is 9.93. The van der Waals surface area contributed by atoms with E-state index in [0.717, 1.165) is 27.5 Å². The van der Waals surface area contributed by atoms with E-state index < -0.39 is 0 Å². The van der Waals surface area contributed by atoms with Crippen molar-refractivity contribution in [1.82, 2.24) is 4.57 Å². The maximum Gasteiger partial charge on any atom is 0.0998 e. The molecule has 0 unspecified atom stereocenters. The van der Waals surface area contributed by atoms with E-state index in [0.29, 0.717) is 5.56 Å². The Labute approximate surface area is 259 Å². The first-order chi connectivity index (χ1) is 22.3. The van der Waals surface area contributed by atoms with Crippen LogP contribution in [0.3, 0.4) is 0 Å². The monoisotopic (exact) mass is 568 g/mol. The van der Waals surface area contributed by atoms with Crippen LogP contribution in [0.4, 0.5) is 0 Å². The van der Waals surface area contributed by atoms with Crippen LogP contribution in [0, 0.1) is 11.3 Å². The minimum absolute atomic E-state index is 0.708. The predicted molar refractivity (Wildman–Crippen MR) is 189 cm³/mol. The lowest BCUT2D eigenvalue weighted by molar-refractivity contribution is 1.18. The number of nitriles is 1. The Morgan fingerprint density at radius 1 is 0.400 bits per heavy atom. The van der Waals surface area contributed by atoms with E-state index in [4.69, 9.17) is 0 Å². The summed E-state index contributed by atoms with van der Waals surface area (Å²) in [4.78, 5) is 0. The van der Waals surface area contributed by atoms with Crippen molar-refractivity contribution in [3.8, 4) is 34.0 Å². The van der Waals surface area contributed by atoms with Gasteiger partial charge in [-0.15, -0.1) is 0 Å². The zero-order chi connectivity index (χ0) is 29.6. The predicted octanol–water partition coefficient (Wildman–Crippen LogP) is 11.5. The minimum Gasteiger partial charge on any atom is -0.309 e. The molecule has 0 fully saturated rings. The summed E-state index contributed by atoms with van der Waals surface area (Å²) in [5.74, 6) is 0. The highest BCUT2D eigenvalue weighted by molar-refractivity contribution is 6.28. The molecule has 0 N–H and O–H groups in total. The van der Waals surface area contributed by atoms with Gasteiger partial charge >= 0.3 is 0 Å². The van der Waals surface area contributed by atoms with Crippen molar-refractivity contribution in [2.45, 2.75) is 0 Å². The fourth-order valence-electron chi connectivity index (χ4n) is 7.78. The van der Waals surface area contributed by atoms with Crippen LogP contribution in [-0.2, 0) is 0 Å². The normalized spacial score (nSPS) is 12.0. The molecule has 0 saturated heterocycles. The summed E-state index contributed by atoms with van der Waals surface area (Å²) in [7, 11) is 0. The SMILES string of the molecule is N#Cc1ccc2c3c1ccc1c(-c4ccc(-c5ccc6ccc7cccc8ccc5c6c78)cc4)ccc(c13)n2-c1ccccc1. The number of benzene rings is 9. The van der Waals surface area contributed by atoms with Crippen LogP contribution in [0.1, 0.15) is 5.56 Å². The molecular weight excluding hydrogens is 544 g/mol. The van der Waals surface area contributed by atoms with Gasteiger partial charge in [-0.05, 0) is 90.3 Å². The molecule has 0 radical (unpaired) electrons. The average molecular weight is 569 g/mol. The number of aromatic nitrogens is 1. The third-order valence-corrected chi connectivity index (χ3v) is 9.77. The Balaban J connectivity index is 1.17. The van der Waals surface area contributed by atoms with Crippen LogP contribution < -0.4 is 0 Å². The van der Waals surface area contributed by atoms with Crippen molar-refractivity contribution in [3.05, 3.63) is 151 Å². The van der Waals surface area contributed by atoms with Crippen molar-refractivity contribution in [3.63, 3.8) is 0 Å². The molecule has 10 rings (SSSR count). The summed E-state index contributed by atoms with van der Waals surface area (Å²) in [5.41, 5.74) is 8.94. The Morgan fingerprint density at radius 3 is 1.64 bits per heavy atom. The van der Waals surface area contributed by atoms with Crippen molar-refractivity contribution >= 4 is 64.9 Å². The summed E-state index contributed by atoms with van der Waals surface area (Å²) in [5, 5.41) is 22.3. The van der Waals surface area contributed by atoms with E-state index in [2.05, 4.69) is 144 Å². The van der Waals surface area contributed by atoms with E-state index in [1.165, 1.54) is 65.3 Å². The van der Waals surface area contributed by atoms with Crippen molar-refractivity contribution in [2.75, 3.05) is 0 Å². The first-order valence-electron chi connectivity index (χ1n) is 15.3. The van der Waals surface area contributed by atoms with Crippen molar-refractivity contribution in [1.29, 1.82) is 5.26 Å². The molecule has 0 atom stereocenters. The smallest absolute Gasteiger partial charge is 0.0998 e. The van der Waals surface area contributed by atoms with Gasteiger partial charge in [-0.3, -0.25) is 0 Å². The fourth-order valence-corrected chi connectivity index (χ4v) is 7.78. The van der Waals surface area contributed by atoms with E-state index in [1.54, 1.807) is 0 Å². The van der Waals surface area contributed by atoms with Gasteiger partial charge in [0, 0.05) is 21.8 Å². The Morgan fingerprint density at radius 2 is 0.933 bits per heavy atom. The molecule has 0 spiro atoms. The first kappa shape index (κ1) is 24.3. The second-order valence-electron chi connectivity index (χ2n) is 12.0. The van der Waals surface area contributed by atoms with Crippen LogP contribution in [-0.4, -0.2) is 4.57 Å². The van der Waals surface area contributed by atoms with Gasteiger partial charge in [-0.25, -0.2) is 0 Å². The topological polar surface area (TPSA) is 28.7 Å². The molecule has 45 heavy (non-hydrogen) atoms. The van der Waals surface area contributed by atoms with E-state index in [1.807, 2.05) is 12.1 Å². The van der Waals surface area contributed by atoms with E-state index in [-0.39, 0.29) is 0 Å². The molecule has 2 heteroatoms. The van der Waals surface area contributed by atoms with Crippen LogP contribution in [0.5, 0.6) is 0 Å². The molecule has 0 saturated carbocycles. The second-order valence-corrected chi connectivity index (χ2v) is 12.0. The molecule has 2 nitrogen and oxygen atoms in total. The highest BCUT2D eigenvalue weighted by Gasteiger charge is 2.20. The maximum absolute atomic E-state index is 9.93. The average Bonchev–Trinajstić information content (AvgIpc) is 3.45. The molecule has 0 aliphatic rings. The minimum atomic E-state index is 0.708. The quantitative estimate of drug-likeness (QED) is 0.195. The molecule has 0 aliphatic heterocycles. The number of hydrogen-bond donors (Lipinski definition) is 0. The van der Waals surface area contributed by atoms with Crippen LogP contribution >= 0.6 is 0 Å². The molecule has 1 aromatic heterocycles. The van der Waals surface area contributed by atoms with Gasteiger partial charge in [0.2, 0.25) is 0 Å². The first-order valence-corrected chi connectivity index (χ1v) is 15.3. The number of para-hydroxylation sites is 1. The van der Waals surface area contributed by atoms with Crippen molar-refractivity contribution in [2.24, 2.45) is 0 Å². The lowest BCUT2D eigenvalue weighted by Gasteiger charge is -2.15. The highest BCUT2D eigenvalue weighted by atomic mass is 15.0. The van der Waals surface area contributed by atoms with Crippen molar-refractivity contribution < 1.29 is 0 Å². The molecular formula is C43H24N2. The van der Waals surface area contributed by atoms with Gasteiger partial charge in [0.25, 0.3) is 0 Å². The summed E-state index contributed by atoms with van der Waals surface area (Å²) < 4.78 is 2.33. The van der Waals surface area contributed by atoms with Crippen LogP contribution in [0.2, 0.25) is 0 Å². The standard InChI is InChI=1S/C43H24N2/c44-25-31-17-23-38-42-35(31)20-21-37-34(22-24-39(43(37)42)45(38)32-7-2-1-3-8-32)27-11-9-26(10-12-27)33-18-15-30-14-13-28-5-4-6-29-16-19-36(33)41(30)40(28)29/h1-24H. The zero-order valence-electron chi connectivity index (χ0n) is 24.3. The molecule has 0 amide bonds. The number of hydrogen-bond acceptors (Lipinski definition) is 1. The summed E-state index contributed by atoms with van der Waals surface area (Å²) in [6.07, 6.45) is 0. The van der Waals surface area contributed by atoms with E-state index in [9.17, 15) is 5.26 Å². The van der Waals surface area contributed by atoms with E-state index >= 15 is 0 Å². The van der Waals surface area contributed by atoms with Crippen LogP contribution in [0.25, 0.3) is 92.8 Å². The summed E-state index contributed by atoms with van der Waals surface area (Å²) >= 11 is 0. The van der Waals surface area contributed by atoms with Gasteiger partial charge in [0.15, 0.2) is 0 Å². The zero-order valence-corrected chi connectivity index (χ0v) is 24.3. The molecule has 0 aliphatic carbocycles. The molecule has 0 bridgehead atoms. The molecule has 10 aromatic rings. The third kappa shape index (κ3) is 3.27. The lowest BCUT2D eigenvalue weighted by atomic mass is 9.89. The third-order valence-electron chi connectivity index (χ3n) is 9.77. The molecule has 9 aromatic carbocycles. The molecule has 1 heterocycles. The second kappa shape index (κ2) is 8.92. The lowest BCUT2D eigenvalue weighted by Crippen LogP contribution is -1.93. The Hall–Kier alpha value is -6.17. The number of nitrogens with zero attached hydrogens (tertiary/aromatic N) is 2. The largest absolute Gasteiger partial charge is 0.309 e. The Kier molecular flexibility index (Phi) is 4.82. The molecule has 206 valence electrons. The van der Waals surface area contributed by atoms with Crippen LogP contribution in [0.15, 0.2) is 146 Å². The highest BCUT2D eigenvalue weighted by Crippen LogP contribution is 2.44. The van der Waals surface area contributed by atoms with Gasteiger partial charge < -0.3 is 4.57 Å². The van der Waals surface area contributed by atoms with Gasteiger partial charge in [0.1, 0.15) is 0 Å². The number of rotatable bonds is 3. The van der Waals surface area contributed by atoms with Gasteiger partial charge in [-0.1, -0.05) is 115 Å². The Bertz CT molecular complexity index is 2780. The van der Waals surface area contributed by atoms with Gasteiger partial charge in [-0.2, -0.15) is 5.26 Å². The summed E-state index contributed by atoms with van der Waals surface area (Å²) in [6, 6.07) is 54.9.